The highest BCUT2D eigenvalue weighted by atomic mass is 16.2. The number of amides is 2. The molecule has 4 N–H and O–H groups in total. The summed E-state index contributed by atoms with van der Waals surface area (Å²) in [6, 6.07) is -0.0278. The molecular weight excluding hydrogens is 218 g/mol. The number of hydrogen-bond donors (Lipinski definition) is 2. The Kier molecular flexibility index (Phi) is 4.51. The van der Waals surface area contributed by atoms with Crippen LogP contribution in [0.4, 0.5) is 0 Å². The molecule has 17 heavy (non-hydrogen) atoms. The molecule has 1 aliphatic carbocycles. The van der Waals surface area contributed by atoms with E-state index < -0.39 is 5.91 Å². The first-order valence-electron chi connectivity index (χ1n) is 6.21. The van der Waals surface area contributed by atoms with Gasteiger partial charge in [0.15, 0.2) is 0 Å². The second kappa shape index (κ2) is 5.49. The van der Waals surface area contributed by atoms with Gasteiger partial charge in [0.1, 0.15) is 0 Å². The van der Waals surface area contributed by atoms with Crippen LogP contribution in [-0.2, 0) is 9.59 Å². The van der Waals surface area contributed by atoms with Gasteiger partial charge in [-0.3, -0.25) is 9.59 Å². The molecule has 5 heteroatoms. The molecule has 2 amide bonds. The standard InChI is InChI=1S/C12H23N3O2/c1-9(2)15(8-10(13)16)11(17)7-12(14)5-3-4-6-12/h9H,3-8,14H2,1-2H3,(H2,13,16). The summed E-state index contributed by atoms with van der Waals surface area (Å²) in [6.07, 6.45) is 4.27. The first-order valence-corrected chi connectivity index (χ1v) is 6.21. The normalized spacial score (nSPS) is 18.4. The number of rotatable bonds is 5. The van der Waals surface area contributed by atoms with E-state index >= 15 is 0 Å². The van der Waals surface area contributed by atoms with Crippen molar-refractivity contribution in [2.45, 2.75) is 57.5 Å². The molecule has 1 saturated carbocycles. The van der Waals surface area contributed by atoms with Crippen LogP contribution in [0.25, 0.3) is 0 Å². The van der Waals surface area contributed by atoms with Crippen LogP contribution in [0.2, 0.25) is 0 Å². The molecule has 1 fully saturated rings. The van der Waals surface area contributed by atoms with E-state index in [2.05, 4.69) is 0 Å². The third kappa shape index (κ3) is 4.00. The summed E-state index contributed by atoms with van der Waals surface area (Å²) in [4.78, 5) is 24.6. The molecule has 1 rings (SSSR count). The Morgan fingerprint density at radius 3 is 2.24 bits per heavy atom. The number of carbonyl (C=O) groups is 2. The van der Waals surface area contributed by atoms with Gasteiger partial charge in [-0.1, -0.05) is 12.8 Å². The minimum atomic E-state index is -0.482. The molecular formula is C12H23N3O2. The molecule has 0 unspecified atom stereocenters. The molecule has 0 heterocycles. The summed E-state index contributed by atoms with van der Waals surface area (Å²) < 4.78 is 0. The molecule has 0 aromatic carbocycles. The third-order valence-corrected chi connectivity index (χ3v) is 3.37. The van der Waals surface area contributed by atoms with E-state index in [1.165, 1.54) is 4.90 Å². The fourth-order valence-electron chi connectivity index (χ4n) is 2.39. The molecule has 0 atom stereocenters. The Bertz CT molecular complexity index is 296. The Morgan fingerprint density at radius 2 is 1.82 bits per heavy atom. The van der Waals surface area contributed by atoms with Crippen molar-refractivity contribution in [3.63, 3.8) is 0 Å². The highest BCUT2D eigenvalue weighted by Gasteiger charge is 2.34. The average Bonchev–Trinajstić information content (AvgIpc) is 2.60. The van der Waals surface area contributed by atoms with Crippen LogP contribution in [0.5, 0.6) is 0 Å². The monoisotopic (exact) mass is 241 g/mol. The van der Waals surface area contributed by atoms with Crippen LogP contribution in [0, 0.1) is 0 Å². The van der Waals surface area contributed by atoms with Gasteiger partial charge in [0.2, 0.25) is 11.8 Å². The van der Waals surface area contributed by atoms with Crippen molar-refractivity contribution in [3.8, 4) is 0 Å². The predicted molar refractivity (Wildman–Crippen MR) is 66.0 cm³/mol. The van der Waals surface area contributed by atoms with Crippen LogP contribution in [0.15, 0.2) is 0 Å². The van der Waals surface area contributed by atoms with Crippen molar-refractivity contribution < 1.29 is 9.59 Å². The molecule has 0 spiro atoms. The first kappa shape index (κ1) is 14.0. The molecule has 0 aliphatic heterocycles. The quantitative estimate of drug-likeness (QED) is 0.728. The van der Waals surface area contributed by atoms with E-state index in [1.807, 2.05) is 13.8 Å². The maximum Gasteiger partial charge on any atom is 0.237 e. The summed E-state index contributed by atoms with van der Waals surface area (Å²) >= 11 is 0. The van der Waals surface area contributed by atoms with Gasteiger partial charge in [0.05, 0.1) is 6.54 Å². The maximum atomic E-state index is 12.1. The zero-order valence-electron chi connectivity index (χ0n) is 10.7. The van der Waals surface area contributed by atoms with Crippen molar-refractivity contribution in [3.05, 3.63) is 0 Å². The molecule has 0 aromatic rings. The van der Waals surface area contributed by atoms with Gasteiger partial charge in [-0.2, -0.15) is 0 Å². The van der Waals surface area contributed by atoms with Crippen LogP contribution in [-0.4, -0.2) is 34.8 Å². The summed E-state index contributed by atoms with van der Waals surface area (Å²) in [6.45, 7) is 3.73. The highest BCUT2D eigenvalue weighted by Crippen LogP contribution is 2.30. The average molecular weight is 241 g/mol. The van der Waals surface area contributed by atoms with Crippen LogP contribution in [0.1, 0.15) is 46.0 Å². The number of nitrogens with zero attached hydrogens (tertiary/aromatic N) is 1. The SMILES string of the molecule is CC(C)N(CC(N)=O)C(=O)CC1(N)CCCC1. The summed E-state index contributed by atoms with van der Waals surface area (Å²) in [5.41, 5.74) is 10.9. The Labute approximate surface area is 103 Å². The predicted octanol–water partition coefficient (Wildman–Crippen LogP) is 0.370. The van der Waals surface area contributed by atoms with Gasteiger partial charge < -0.3 is 16.4 Å². The zero-order valence-corrected chi connectivity index (χ0v) is 10.7. The minimum absolute atomic E-state index is 0.0213. The Morgan fingerprint density at radius 1 is 1.29 bits per heavy atom. The van der Waals surface area contributed by atoms with Crippen LogP contribution >= 0.6 is 0 Å². The van der Waals surface area contributed by atoms with Crippen molar-refractivity contribution in [2.24, 2.45) is 11.5 Å². The van der Waals surface area contributed by atoms with E-state index in [9.17, 15) is 9.59 Å². The van der Waals surface area contributed by atoms with E-state index in [-0.39, 0.29) is 24.0 Å². The van der Waals surface area contributed by atoms with Gasteiger partial charge in [-0.25, -0.2) is 0 Å². The largest absolute Gasteiger partial charge is 0.368 e. The van der Waals surface area contributed by atoms with Gasteiger partial charge in [-0.15, -0.1) is 0 Å². The summed E-state index contributed by atoms with van der Waals surface area (Å²) in [5, 5.41) is 0. The van der Waals surface area contributed by atoms with Crippen molar-refractivity contribution >= 4 is 11.8 Å². The van der Waals surface area contributed by atoms with Gasteiger partial charge in [0, 0.05) is 18.0 Å². The minimum Gasteiger partial charge on any atom is -0.368 e. The first-order chi connectivity index (χ1) is 7.84. The van der Waals surface area contributed by atoms with Gasteiger partial charge in [0.25, 0.3) is 0 Å². The van der Waals surface area contributed by atoms with E-state index in [0.717, 1.165) is 25.7 Å². The van der Waals surface area contributed by atoms with Crippen LogP contribution in [0.3, 0.4) is 0 Å². The Balaban J connectivity index is 2.61. The van der Waals surface area contributed by atoms with Gasteiger partial charge in [-0.05, 0) is 26.7 Å². The topological polar surface area (TPSA) is 89.4 Å². The van der Waals surface area contributed by atoms with Crippen molar-refractivity contribution in [1.82, 2.24) is 4.90 Å². The zero-order chi connectivity index (χ0) is 13.1. The molecule has 98 valence electrons. The molecule has 0 saturated heterocycles. The second-order valence-electron chi connectivity index (χ2n) is 5.33. The maximum absolute atomic E-state index is 12.1. The fourth-order valence-corrected chi connectivity index (χ4v) is 2.39. The smallest absolute Gasteiger partial charge is 0.237 e. The molecule has 5 nitrogen and oxygen atoms in total. The number of nitrogens with two attached hydrogens (primary N) is 2. The molecule has 1 aliphatic rings. The van der Waals surface area contributed by atoms with Crippen LogP contribution < -0.4 is 11.5 Å². The number of hydrogen-bond acceptors (Lipinski definition) is 3. The van der Waals surface area contributed by atoms with Gasteiger partial charge >= 0.3 is 0 Å². The second-order valence-corrected chi connectivity index (χ2v) is 5.33. The fraction of sp³-hybridized carbons (Fsp3) is 0.833. The summed E-state index contributed by atoms with van der Waals surface area (Å²) in [7, 11) is 0. The third-order valence-electron chi connectivity index (χ3n) is 3.37. The van der Waals surface area contributed by atoms with E-state index in [1.54, 1.807) is 0 Å². The molecule has 0 radical (unpaired) electrons. The van der Waals surface area contributed by atoms with E-state index in [0.29, 0.717) is 6.42 Å². The molecule has 0 bridgehead atoms. The number of carbonyl (C=O) groups excluding carboxylic acids is 2. The van der Waals surface area contributed by atoms with Crippen molar-refractivity contribution in [1.29, 1.82) is 0 Å². The van der Waals surface area contributed by atoms with E-state index in [4.69, 9.17) is 11.5 Å². The number of primary amides is 1. The Hall–Kier alpha value is -1.10. The highest BCUT2D eigenvalue weighted by molar-refractivity contribution is 5.84. The lowest BCUT2D eigenvalue weighted by Crippen LogP contribution is -2.48. The lowest BCUT2D eigenvalue weighted by molar-refractivity contribution is -0.137. The molecule has 0 aromatic heterocycles. The van der Waals surface area contributed by atoms with Crippen molar-refractivity contribution in [2.75, 3.05) is 6.54 Å². The lowest BCUT2D eigenvalue weighted by Gasteiger charge is -2.30. The summed E-state index contributed by atoms with van der Waals surface area (Å²) in [5.74, 6) is -0.548. The lowest BCUT2D eigenvalue weighted by atomic mass is 9.94.